The predicted octanol–water partition coefficient (Wildman–Crippen LogP) is 4.20. The van der Waals surface area contributed by atoms with Crippen LogP contribution in [0.4, 0.5) is 4.39 Å². The summed E-state index contributed by atoms with van der Waals surface area (Å²) in [6, 6.07) is 16.9. The number of hydrogen-bond acceptors (Lipinski definition) is 3. The molecule has 30 heavy (non-hydrogen) atoms. The summed E-state index contributed by atoms with van der Waals surface area (Å²) in [5, 5.41) is 7.25. The molecular formula is C24H27FN4O. The second kappa shape index (κ2) is 9.22. The van der Waals surface area contributed by atoms with Crippen LogP contribution in [0.1, 0.15) is 45.9 Å². The van der Waals surface area contributed by atoms with Crippen LogP contribution in [0.3, 0.4) is 0 Å². The molecule has 3 aromatic rings. The number of aromatic amines is 1. The number of H-pyrrole nitrogens is 1. The third kappa shape index (κ3) is 4.60. The number of nitrogens with zero attached hydrogens (tertiary/aromatic N) is 3. The molecule has 156 valence electrons. The van der Waals surface area contributed by atoms with Gasteiger partial charge in [0.1, 0.15) is 5.82 Å². The smallest absolute Gasteiger partial charge is 0.257 e. The van der Waals surface area contributed by atoms with Gasteiger partial charge in [-0.05, 0) is 31.0 Å². The molecule has 1 fully saturated rings. The number of benzene rings is 2. The van der Waals surface area contributed by atoms with Gasteiger partial charge in [0, 0.05) is 38.2 Å². The maximum atomic E-state index is 14.1. The van der Waals surface area contributed by atoms with Crippen molar-refractivity contribution in [1.82, 2.24) is 20.0 Å². The fourth-order valence-corrected chi connectivity index (χ4v) is 4.21. The molecule has 0 saturated carbocycles. The highest BCUT2D eigenvalue weighted by molar-refractivity contribution is 5.95. The molecule has 1 amide bonds. The lowest BCUT2D eigenvalue weighted by Crippen LogP contribution is -2.35. The number of hydrogen-bond donors (Lipinski definition) is 1. The molecule has 1 aliphatic heterocycles. The molecule has 4 rings (SSSR count). The first kappa shape index (κ1) is 20.3. The van der Waals surface area contributed by atoms with E-state index >= 15 is 0 Å². The summed E-state index contributed by atoms with van der Waals surface area (Å²) in [4.78, 5) is 17.1. The van der Waals surface area contributed by atoms with Crippen molar-refractivity contribution in [1.29, 1.82) is 0 Å². The molecule has 2 heterocycles. The number of carbonyl (C=O) groups is 1. The largest absolute Gasteiger partial charge is 0.337 e. The Labute approximate surface area is 176 Å². The summed E-state index contributed by atoms with van der Waals surface area (Å²) in [5.74, 6) is -0.0227. The Balaban J connectivity index is 1.45. The van der Waals surface area contributed by atoms with E-state index in [4.69, 9.17) is 0 Å². The zero-order valence-corrected chi connectivity index (χ0v) is 17.2. The maximum absolute atomic E-state index is 14.1. The van der Waals surface area contributed by atoms with E-state index in [9.17, 15) is 9.18 Å². The van der Waals surface area contributed by atoms with Gasteiger partial charge in [0.15, 0.2) is 0 Å². The Bertz CT molecular complexity index is 988. The highest BCUT2D eigenvalue weighted by Crippen LogP contribution is 2.29. The number of amides is 1. The topological polar surface area (TPSA) is 52.2 Å². The SMILES string of the molecule is CN(Cc1ccccc1)C(=O)c1cn[nH]c1C1CCCN(Cc2ccccc2F)C1. The maximum Gasteiger partial charge on any atom is 0.257 e. The first-order valence-electron chi connectivity index (χ1n) is 10.4. The standard InChI is InChI=1S/C24H27FN4O/c1-28(15-18-8-3-2-4-9-18)24(30)21-14-26-27-23(21)20-11-7-13-29(17-20)16-19-10-5-6-12-22(19)25/h2-6,8-10,12,14,20H,7,11,13,15-17H2,1H3,(H,26,27). The normalized spacial score (nSPS) is 17.1. The van der Waals surface area contributed by atoms with Crippen molar-refractivity contribution >= 4 is 5.91 Å². The summed E-state index contributed by atoms with van der Waals surface area (Å²) in [5.41, 5.74) is 3.32. The molecule has 5 nitrogen and oxygen atoms in total. The van der Waals surface area contributed by atoms with Crippen LogP contribution in [-0.2, 0) is 13.1 Å². The number of nitrogens with one attached hydrogen (secondary N) is 1. The molecule has 0 radical (unpaired) electrons. The van der Waals surface area contributed by atoms with E-state index in [0.29, 0.717) is 24.2 Å². The van der Waals surface area contributed by atoms with Crippen molar-refractivity contribution in [2.45, 2.75) is 31.8 Å². The van der Waals surface area contributed by atoms with E-state index in [1.807, 2.05) is 49.5 Å². The van der Waals surface area contributed by atoms with E-state index < -0.39 is 0 Å². The zero-order chi connectivity index (χ0) is 20.9. The Morgan fingerprint density at radius 1 is 1.20 bits per heavy atom. The van der Waals surface area contributed by atoms with Crippen molar-refractivity contribution in [3.05, 3.63) is 89.0 Å². The minimum absolute atomic E-state index is 0.0335. The van der Waals surface area contributed by atoms with Crippen LogP contribution in [0, 0.1) is 5.82 Å². The van der Waals surface area contributed by atoms with Crippen molar-refractivity contribution in [3.8, 4) is 0 Å². The first-order chi connectivity index (χ1) is 14.6. The van der Waals surface area contributed by atoms with Crippen molar-refractivity contribution in [2.75, 3.05) is 20.1 Å². The van der Waals surface area contributed by atoms with Gasteiger partial charge in [0.25, 0.3) is 5.91 Å². The number of aromatic nitrogens is 2. The lowest BCUT2D eigenvalue weighted by Gasteiger charge is -2.33. The van der Waals surface area contributed by atoms with Crippen LogP contribution in [0.15, 0.2) is 60.8 Å². The summed E-state index contributed by atoms with van der Waals surface area (Å²) in [6.07, 6.45) is 3.62. The molecule has 0 spiro atoms. The fourth-order valence-electron chi connectivity index (χ4n) is 4.21. The van der Waals surface area contributed by atoms with Crippen LogP contribution in [-0.4, -0.2) is 46.0 Å². The van der Waals surface area contributed by atoms with Gasteiger partial charge >= 0.3 is 0 Å². The molecule has 0 bridgehead atoms. The van der Waals surface area contributed by atoms with E-state index in [2.05, 4.69) is 15.1 Å². The van der Waals surface area contributed by atoms with Gasteiger partial charge < -0.3 is 4.90 Å². The summed E-state index contributed by atoms with van der Waals surface area (Å²) >= 11 is 0. The summed E-state index contributed by atoms with van der Waals surface area (Å²) in [7, 11) is 1.82. The lowest BCUT2D eigenvalue weighted by atomic mass is 9.92. The van der Waals surface area contributed by atoms with Crippen molar-refractivity contribution in [3.63, 3.8) is 0 Å². The quantitative estimate of drug-likeness (QED) is 0.668. The highest BCUT2D eigenvalue weighted by Gasteiger charge is 2.28. The zero-order valence-electron chi connectivity index (χ0n) is 17.2. The third-order valence-electron chi connectivity index (χ3n) is 5.77. The van der Waals surface area contributed by atoms with Crippen LogP contribution >= 0.6 is 0 Å². The van der Waals surface area contributed by atoms with E-state index in [1.54, 1.807) is 17.2 Å². The minimum Gasteiger partial charge on any atom is -0.337 e. The van der Waals surface area contributed by atoms with Gasteiger partial charge in [0.2, 0.25) is 0 Å². The average Bonchev–Trinajstić information content (AvgIpc) is 3.26. The Kier molecular flexibility index (Phi) is 6.23. The van der Waals surface area contributed by atoms with Gasteiger partial charge in [-0.15, -0.1) is 0 Å². The fraction of sp³-hybridized carbons (Fsp3) is 0.333. The van der Waals surface area contributed by atoms with E-state index in [0.717, 1.165) is 37.2 Å². The number of rotatable bonds is 6. The third-order valence-corrected chi connectivity index (χ3v) is 5.77. The van der Waals surface area contributed by atoms with Gasteiger partial charge in [0.05, 0.1) is 17.5 Å². The first-order valence-corrected chi connectivity index (χ1v) is 10.4. The van der Waals surface area contributed by atoms with Crippen LogP contribution in [0.25, 0.3) is 0 Å². The molecule has 0 aliphatic carbocycles. The lowest BCUT2D eigenvalue weighted by molar-refractivity contribution is 0.0782. The number of halogens is 1. The highest BCUT2D eigenvalue weighted by atomic mass is 19.1. The second-order valence-corrected chi connectivity index (χ2v) is 8.01. The van der Waals surface area contributed by atoms with E-state index in [1.165, 1.54) is 6.07 Å². The Hall–Kier alpha value is -2.99. The van der Waals surface area contributed by atoms with Crippen molar-refractivity contribution in [2.24, 2.45) is 0 Å². The molecular weight excluding hydrogens is 379 g/mol. The second-order valence-electron chi connectivity index (χ2n) is 8.01. The van der Waals surface area contributed by atoms with Gasteiger partial charge in [-0.1, -0.05) is 48.5 Å². The van der Waals surface area contributed by atoms with Crippen LogP contribution in [0.5, 0.6) is 0 Å². The monoisotopic (exact) mass is 406 g/mol. The molecule has 1 saturated heterocycles. The summed E-state index contributed by atoms with van der Waals surface area (Å²) in [6.45, 7) is 2.83. The summed E-state index contributed by atoms with van der Waals surface area (Å²) < 4.78 is 14.1. The molecule has 1 aliphatic rings. The number of piperidine rings is 1. The predicted molar refractivity (Wildman–Crippen MR) is 114 cm³/mol. The number of carbonyl (C=O) groups excluding carboxylic acids is 1. The molecule has 1 aromatic heterocycles. The Morgan fingerprint density at radius 2 is 1.97 bits per heavy atom. The molecule has 1 atom stereocenters. The molecule has 1 unspecified atom stereocenters. The van der Waals surface area contributed by atoms with Gasteiger partial charge in [-0.2, -0.15) is 5.10 Å². The average molecular weight is 407 g/mol. The Morgan fingerprint density at radius 3 is 2.77 bits per heavy atom. The minimum atomic E-state index is -0.167. The van der Waals surface area contributed by atoms with Gasteiger partial charge in [-0.25, -0.2) is 4.39 Å². The van der Waals surface area contributed by atoms with Crippen LogP contribution in [0.2, 0.25) is 0 Å². The molecule has 2 aromatic carbocycles. The molecule has 6 heteroatoms. The molecule has 1 N–H and O–H groups in total. The van der Waals surface area contributed by atoms with E-state index in [-0.39, 0.29) is 17.6 Å². The van der Waals surface area contributed by atoms with Crippen molar-refractivity contribution < 1.29 is 9.18 Å². The van der Waals surface area contributed by atoms with Crippen LogP contribution < -0.4 is 0 Å². The van der Waals surface area contributed by atoms with Gasteiger partial charge in [-0.3, -0.25) is 14.8 Å². The number of likely N-dealkylation sites (tertiary alicyclic amines) is 1.